The van der Waals surface area contributed by atoms with Crippen LogP contribution in [-0.2, 0) is 55.8 Å². The Balaban J connectivity index is 4.33. The van der Waals surface area contributed by atoms with Gasteiger partial charge in [-0.15, -0.1) is 0 Å². The molecule has 5 unspecified atom stereocenters. The lowest BCUT2D eigenvalue weighted by Crippen LogP contribution is -2.30. The number of ether oxygens (including phenoxy) is 3. The van der Waals surface area contributed by atoms with Crippen LogP contribution in [0.25, 0.3) is 0 Å². The number of rotatable bonds is 86. The maximum Gasteiger partial charge on any atom is 0.472 e. The van der Waals surface area contributed by atoms with Gasteiger partial charge in [0.05, 0.1) is 26.4 Å². The minimum Gasteiger partial charge on any atom is -0.463 e. The molecule has 644 valence electrons. The molecule has 0 aromatic rings. The first-order valence-electron chi connectivity index (χ1n) is 45.2. The topological polar surface area (TPSA) is 231 Å². The van der Waals surface area contributed by atoms with Gasteiger partial charge in [0, 0.05) is 19.3 Å². The zero-order chi connectivity index (χ0) is 80.8. The Kier molecular flexibility index (Phi) is 82.7. The number of esters is 3. The molecule has 0 aliphatic carbocycles. The highest BCUT2D eigenvalue weighted by molar-refractivity contribution is 7.47. The molecule has 0 fully saturated rings. The number of aliphatic hydroxyl groups is 2. The molecule has 18 heteroatoms. The van der Waals surface area contributed by atoms with Crippen molar-refractivity contribution in [2.75, 3.05) is 39.6 Å². The zero-order valence-corrected chi connectivity index (χ0v) is 72.7. The second kappa shape index (κ2) is 85.6. The van der Waals surface area contributed by atoms with Gasteiger partial charge in [-0.2, -0.15) is 0 Å². The van der Waals surface area contributed by atoms with Crippen molar-refractivity contribution < 1.29 is 75.8 Å². The molecule has 0 aliphatic rings. The van der Waals surface area contributed by atoms with Gasteiger partial charge in [0.15, 0.2) is 6.10 Å². The molecule has 0 saturated carbocycles. The molecule has 0 aliphatic heterocycles. The third kappa shape index (κ3) is 86.9. The SMILES string of the molecule is CC/C=C\C/C=C\C/C=C\C/C=C\C/C=C\CCCCCCCCCCCCCCCCCC(=O)OCC(COP(=O)(O)OCC(O)COP(=O)(O)OCC(O)COC(=O)CCCCCCCCCCCCCCCCCCC/C=C\C/C=C\C/C=C\C/C=C\CCCCC)OC(=O)CCCCCCCCCCCCC. The predicted octanol–water partition coefficient (Wildman–Crippen LogP) is 27.4. The molecular weight excluding hydrogens is 1430 g/mol. The predicted molar refractivity (Wildman–Crippen MR) is 464 cm³/mol. The number of carbonyl (C=O) groups excluding carboxylic acids is 3. The number of hydrogen-bond donors (Lipinski definition) is 4. The Hall–Kier alpha value is -3.79. The quantitative estimate of drug-likeness (QED) is 0.0146. The fourth-order valence-electron chi connectivity index (χ4n) is 12.6. The number of phosphoric acid groups is 2. The summed E-state index contributed by atoms with van der Waals surface area (Å²) in [5, 5.41) is 20.7. The fraction of sp³-hybridized carbons (Fsp3) is 0.774. The summed E-state index contributed by atoms with van der Waals surface area (Å²) in [7, 11) is -9.78. The van der Waals surface area contributed by atoms with Crippen LogP contribution in [0.4, 0.5) is 0 Å². The van der Waals surface area contributed by atoms with E-state index in [1.165, 1.54) is 231 Å². The van der Waals surface area contributed by atoms with E-state index >= 15 is 0 Å². The smallest absolute Gasteiger partial charge is 0.463 e. The molecule has 0 saturated heterocycles. The third-order valence-electron chi connectivity index (χ3n) is 19.5. The van der Waals surface area contributed by atoms with Gasteiger partial charge >= 0.3 is 33.6 Å². The first-order valence-corrected chi connectivity index (χ1v) is 48.2. The molecule has 5 atom stereocenters. The van der Waals surface area contributed by atoms with Crippen LogP contribution < -0.4 is 0 Å². The van der Waals surface area contributed by atoms with E-state index in [9.17, 15) is 43.5 Å². The molecule has 111 heavy (non-hydrogen) atoms. The largest absolute Gasteiger partial charge is 0.472 e. The van der Waals surface area contributed by atoms with E-state index in [0.29, 0.717) is 19.3 Å². The summed E-state index contributed by atoms with van der Waals surface area (Å²) in [6, 6.07) is 0. The van der Waals surface area contributed by atoms with Gasteiger partial charge in [-0.25, -0.2) is 9.13 Å². The number of aliphatic hydroxyl groups excluding tert-OH is 2. The molecule has 16 nitrogen and oxygen atoms in total. The highest BCUT2D eigenvalue weighted by Gasteiger charge is 2.29. The summed E-state index contributed by atoms with van der Waals surface area (Å²) in [6.07, 6.45) is 103. The van der Waals surface area contributed by atoms with Crippen molar-refractivity contribution in [3.05, 3.63) is 109 Å². The average Bonchev–Trinajstić information content (AvgIpc) is 0.901. The summed E-state index contributed by atoms with van der Waals surface area (Å²) >= 11 is 0. The van der Waals surface area contributed by atoms with Crippen LogP contribution >= 0.6 is 15.6 Å². The lowest BCUT2D eigenvalue weighted by atomic mass is 10.0. The lowest BCUT2D eigenvalue weighted by molar-refractivity contribution is -0.161. The van der Waals surface area contributed by atoms with Gasteiger partial charge in [-0.1, -0.05) is 387 Å². The van der Waals surface area contributed by atoms with Crippen molar-refractivity contribution in [3.63, 3.8) is 0 Å². The molecule has 0 amide bonds. The van der Waals surface area contributed by atoms with Gasteiger partial charge in [0.1, 0.15) is 25.4 Å². The van der Waals surface area contributed by atoms with E-state index in [2.05, 4.69) is 130 Å². The normalized spacial score (nSPS) is 14.3. The van der Waals surface area contributed by atoms with Crippen LogP contribution in [0.2, 0.25) is 0 Å². The number of carbonyl (C=O) groups is 3. The molecule has 0 bridgehead atoms. The first kappa shape index (κ1) is 107. The van der Waals surface area contributed by atoms with Crippen LogP contribution in [0.3, 0.4) is 0 Å². The highest BCUT2D eigenvalue weighted by Crippen LogP contribution is 2.45. The van der Waals surface area contributed by atoms with Crippen LogP contribution in [0.5, 0.6) is 0 Å². The average molecular weight is 1600 g/mol. The van der Waals surface area contributed by atoms with Gasteiger partial charge in [0.25, 0.3) is 0 Å². The minimum absolute atomic E-state index is 0.109. The molecule has 0 aromatic carbocycles. The van der Waals surface area contributed by atoms with E-state index in [1.807, 2.05) is 0 Å². The van der Waals surface area contributed by atoms with Gasteiger partial charge in [0.2, 0.25) is 0 Å². The van der Waals surface area contributed by atoms with Gasteiger partial charge in [-0.3, -0.25) is 32.5 Å². The van der Waals surface area contributed by atoms with Crippen LogP contribution in [0, 0.1) is 0 Å². The van der Waals surface area contributed by atoms with E-state index in [-0.39, 0.29) is 19.3 Å². The fourth-order valence-corrected chi connectivity index (χ4v) is 14.2. The van der Waals surface area contributed by atoms with Crippen molar-refractivity contribution in [1.29, 1.82) is 0 Å². The summed E-state index contributed by atoms with van der Waals surface area (Å²) in [5.74, 6) is -1.55. The Morgan fingerprint density at radius 3 is 0.775 bits per heavy atom. The van der Waals surface area contributed by atoms with Gasteiger partial charge in [-0.05, 0) is 109 Å². The summed E-state index contributed by atoms with van der Waals surface area (Å²) in [6.45, 7) is 2.60. The molecule has 0 spiro atoms. The second-order valence-electron chi connectivity index (χ2n) is 30.4. The van der Waals surface area contributed by atoms with Gasteiger partial charge < -0.3 is 34.2 Å². The van der Waals surface area contributed by atoms with Crippen LogP contribution in [-0.4, -0.2) is 95.9 Å². The van der Waals surface area contributed by atoms with Crippen molar-refractivity contribution in [2.24, 2.45) is 0 Å². The van der Waals surface area contributed by atoms with Crippen molar-refractivity contribution in [1.82, 2.24) is 0 Å². The molecule has 0 heterocycles. The number of phosphoric ester groups is 2. The Morgan fingerprint density at radius 2 is 0.477 bits per heavy atom. The Labute approximate surface area is 679 Å². The van der Waals surface area contributed by atoms with Crippen molar-refractivity contribution in [2.45, 2.75) is 424 Å². The Bertz CT molecular complexity index is 2450. The van der Waals surface area contributed by atoms with E-state index in [1.54, 1.807) is 0 Å². The summed E-state index contributed by atoms with van der Waals surface area (Å²) in [5.41, 5.74) is 0. The summed E-state index contributed by atoms with van der Waals surface area (Å²) < 4.78 is 61.3. The maximum atomic E-state index is 13.0. The zero-order valence-electron chi connectivity index (χ0n) is 70.9. The highest BCUT2D eigenvalue weighted by atomic mass is 31.2. The molecule has 0 rings (SSSR count). The molecular formula is C93H166O16P2. The first-order chi connectivity index (χ1) is 54.2. The molecule has 0 radical (unpaired) electrons. The number of unbranched alkanes of at least 4 members (excludes halogenated alkanes) is 45. The van der Waals surface area contributed by atoms with Crippen molar-refractivity contribution in [3.8, 4) is 0 Å². The minimum atomic E-state index is -4.93. The van der Waals surface area contributed by atoms with Crippen LogP contribution in [0.1, 0.15) is 406 Å². The van der Waals surface area contributed by atoms with E-state index in [0.717, 1.165) is 116 Å². The van der Waals surface area contributed by atoms with E-state index < -0.39 is 91.5 Å². The third-order valence-corrected chi connectivity index (χ3v) is 21.4. The second-order valence-corrected chi connectivity index (χ2v) is 33.3. The monoisotopic (exact) mass is 1600 g/mol. The standard InChI is InChI=1S/C93H166O16P2/c1-4-7-10-13-16-19-22-24-26-28-30-32-34-36-38-40-42-43-45-47-48-50-52-54-56-58-60-62-65-67-70-73-76-79-91(96)103-82-88(94)83-105-110(99,100)106-84-89(95)85-107-111(101,102)108-87-90(109-93(98)81-78-75-72-69-64-21-18-15-12-9-6-3)86-104-92(97)80-77-74-71-68-66-63-61-59-57-55-53-51-49-46-44-41-39-37-35-33-31-29-27-25-23-20-17-14-11-8-5-2/h8,11,16-17,19-20,24-27,30-33,36-39,88-90,94-95H,4-7,9-10,12-15,18,21-23,28-29,34-35,40-87H2,1-3H3,(H,99,100)(H,101,102)/b11-8-,19-16-,20-17-,26-24-,27-25-,32-30-,33-31-,38-36-,39-37-. The maximum absolute atomic E-state index is 13.0. The molecule has 0 aromatic heterocycles. The summed E-state index contributed by atoms with van der Waals surface area (Å²) in [4.78, 5) is 58.7. The molecule has 4 N–H and O–H groups in total. The van der Waals surface area contributed by atoms with Crippen LogP contribution in [0.15, 0.2) is 109 Å². The number of hydrogen-bond acceptors (Lipinski definition) is 14. The Morgan fingerprint density at radius 1 is 0.261 bits per heavy atom. The van der Waals surface area contributed by atoms with Crippen molar-refractivity contribution >= 4 is 33.6 Å². The van der Waals surface area contributed by atoms with E-state index in [4.69, 9.17) is 32.3 Å². The lowest BCUT2D eigenvalue weighted by Gasteiger charge is -2.21. The number of allylic oxidation sites excluding steroid dienone is 18.